The molecule has 0 aromatic carbocycles. The molecule has 2 unspecified atom stereocenters. The average molecular weight is 437 g/mol. The fourth-order valence-electron chi connectivity index (χ4n) is 3.64. The van der Waals surface area contributed by atoms with Crippen LogP contribution in [0.1, 0.15) is 50.4 Å². The molecule has 1 saturated carbocycles. The van der Waals surface area contributed by atoms with E-state index in [2.05, 4.69) is 30.9 Å². The highest BCUT2D eigenvalue weighted by Gasteiger charge is 2.34. The van der Waals surface area contributed by atoms with Crippen LogP contribution in [-0.2, 0) is 10.9 Å². The van der Waals surface area contributed by atoms with E-state index in [1.807, 2.05) is 13.8 Å². The van der Waals surface area contributed by atoms with Gasteiger partial charge in [0.1, 0.15) is 11.6 Å². The molecule has 0 aliphatic heterocycles. The number of H-pyrrole nitrogens is 1. The molecule has 0 radical (unpaired) electrons. The molecule has 0 saturated heterocycles. The first-order chi connectivity index (χ1) is 14.7. The molecule has 3 N–H and O–H groups in total. The number of amides is 1. The van der Waals surface area contributed by atoms with Gasteiger partial charge in [-0.1, -0.05) is 0 Å². The number of carbonyl (C=O) groups is 1. The highest BCUT2D eigenvalue weighted by atomic mass is 19.4. The molecular formula is C19H22F3N7O2. The van der Waals surface area contributed by atoms with Crippen LogP contribution in [0.5, 0.6) is 0 Å². The lowest BCUT2D eigenvalue weighted by atomic mass is 10.0. The number of carbonyl (C=O) groups excluding carboxylic acids is 1. The molecule has 4 rings (SSSR count). The van der Waals surface area contributed by atoms with Gasteiger partial charge in [0.25, 0.3) is 0 Å². The highest BCUT2D eigenvalue weighted by Crippen LogP contribution is 2.36. The number of nitrogens with zero attached hydrogens (tertiary/aromatic N) is 4. The molecule has 0 bridgehead atoms. The van der Waals surface area contributed by atoms with E-state index in [4.69, 9.17) is 4.74 Å². The van der Waals surface area contributed by atoms with Gasteiger partial charge in [-0.25, -0.2) is 14.3 Å². The number of rotatable bonds is 5. The van der Waals surface area contributed by atoms with Gasteiger partial charge in [0.15, 0.2) is 17.3 Å². The normalized spacial score (nSPS) is 19.2. The third-order valence-corrected chi connectivity index (χ3v) is 5.03. The Bertz CT molecular complexity index is 1080. The van der Waals surface area contributed by atoms with E-state index in [9.17, 15) is 18.0 Å². The predicted molar refractivity (Wildman–Crippen MR) is 105 cm³/mol. The van der Waals surface area contributed by atoms with Crippen molar-refractivity contribution in [2.75, 3.05) is 5.32 Å². The van der Waals surface area contributed by atoms with Gasteiger partial charge in [-0.05, 0) is 33.1 Å². The zero-order chi connectivity index (χ0) is 22.2. The summed E-state index contributed by atoms with van der Waals surface area (Å²) in [7, 11) is 0. The van der Waals surface area contributed by atoms with Crippen molar-refractivity contribution in [1.29, 1.82) is 0 Å². The Kier molecular flexibility index (Phi) is 5.46. The molecular weight excluding hydrogens is 415 g/mol. The molecule has 2 atom stereocenters. The molecule has 9 nitrogen and oxygen atoms in total. The Labute approximate surface area is 175 Å². The van der Waals surface area contributed by atoms with Gasteiger partial charge >= 0.3 is 12.3 Å². The third kappa shape index (κ3) is 4.72. The maximum atomic E-state index is 13.0. The van der Waals surface area contributed by atoms with Crippen molar-refractivity contribution in [3.8, 4) is 0 Å². The van der Waals surface area contributed by atoms with E-state index in [1.54, 1.807) is 6.07 Å². The topological polar surface area (TPSA) is 109 Å². The third-order valence-electron chi connectivity index (χ3n) is 5.03. The van der Waals surface area contributed by atoms with Crippen molar-refractivity contribution in [2.24, 2.45) is 0 Å². The van der Waals surface area contributed by atoms with Crippen LogP contribution in [0, 0.1) is 0 Å². The fraction of sp³-hybridized carbons (Fsp3) is 0.474. The molecule has 3 aromatic rings. The highest BCUT2D eigenvalue weighted by molar-refractivity contribution is 5.72. The molecule has 1 aliphatic carbocycles. The van der Waals surface area contributed by atoms with Crippen LogP contribution in [0.4, 0.5) is 29.6 Å². The van der Waals surface area contributed by atoms with Gasteiger partial charge in [0, 0.05) is 42.2 Å². The van der Waals surface area contributed by atoms with Crippen LogP contribution in [-0.4, -0.2) is 43.0 Å². The van der Waals surface area contributed by atoms with E-state index in [0.29, 0.717) is 12.2 Å². The smallest absolute Gasteiger partial charge is 0.435 e. The first-order valence-corrected chi connectivity index (χ1v) is 9.90. The van der Waals surface area contributed by atoms with Crippen molar-refractivity contribution >= 4 is 23.2 Å². The van der Waals surface area contributed by atoms with Crippen LogP contribution < -0.4 is 10.6 Å². The van der Waals surface area contributed by atoms with E-state index in [0.717, 1.165) is 29.1 Å². The van der Waals surface area contributed by atoms with E-state index in [-0.39, 0.29) is 29.4 Å². The quantitative estimate of drug-likeness (QED) is 0.557. The predicted octanol–water partition coefficient (Wildman–Crippen LogP) is 3.99. The lowest BCUT2D eigenvalue weighted by Gasteiger charge is -2.14. The van der Waals surface area contributed by atoms with E-state index in [1.165, 1.54) is 12.4 Å². The molecule has 1 aliphatic rings. The average Bonchev–Trinajstić information content (AvgIpc) is 3.39. The summed E-state index contributed by atoms with van der Waals surface area (Å²) in [5.74, 6) is 0.768. The van der Waals surface area contributed by atoms with Crippen molar-refractivity contribution in [3.63, 3.8) is 0 Å². The van der Waals surface area contributed by atoms with Gasteiger partial charge in [0.2, 0.25) is 0 Å². The lowest BCUT2D eigenvalue weighted by molar-refractivity contribution is -0.141. The second kappa shape index (κ2) is 8.08. The Morgan fingerprint density at radius 1 is 1.32 bits per heavy atom. The Morgan fingerprint density at radius 3 is 2.87 bits per heavy atom. The summed E-state index contributed by atoms with van der Waals surface area (Å²) in [4.78, 5) is 15.9. The second-order valence-corrected chi connectivity index (χ2v) is 7.80. The monoisotopic (exact) mass is 437 g/mol. The molecule has 1 amide bonds. The summed E-state index contributed by atoms with van der Waals surface area (Å²) in [6, 6.07) is 2.73. The van der Waals surface area contributed by atoms with Gasteiger partial charge in [-0.15, -0.1) is 0 Å². The molecule has 166 valence electrons. The number of alkyl carbamates (subject to hydrolysis) is 1. The lowest BCUT2D eigenvalue weighted by Crippen LogP contribution is -2.33. The zero-order valence-electron chi connectivity index (χ0n) is 16.9. The number of ether oxygens (including phenoxy) is 1. The van der Waals surface area contributed by atoms with Crippen LogP contribution in [0.3, 0.4) is 0 Å². The summed E-state index contributed by atoms with van der Waals surface area (Å²) in [6.45, 7) is 3.72. The maximum absolute atomic E-state index is 13.0. The van der Waals surface area contributed by atoms with Crippen LogP contribution >= 0.6 is 0 Å². The number of hydrogen-bond acceptors (Lipinski definition) is 6. The largest absolute Gasteiger partial charge is 0.446 e. The Hall–Kier alpha value is -3.31. The molecule has 3 heterocycles. The number of anilines is 2. The number of halogens is 3. The number of hydrogen-bond donors (Lipinski definition) is 3. The maximum Gasteiger partial charge on any atom is 0.435 e. The minimum atomic E-state index is -4.55. The zero-order valence-corrected chi connectivity index (χ0v) is 16.9. The second-order valence-electron chi connectivity index (χ2n) is 7.80. The molecule has 12 heteroatoms. The van der Waals surface area contributed by atoms with Gasteiger partial charge in [0.05, 0.1) is 0 Å². The SMILES string of the molecule is CC(C)NC(=O)OC1CCC(c2cc(Nc3nccn4nc(C(F)(F)F)cc34)n[nH]2)C1. The van der Waals surface area contributed by atoms with E-state index < -0.39 is 18.0 Å². The minimum absolute atomic E-state index is 0.00648. The summed E-state index contributed by atoms with van der Waals surface area (Å²) in [5, 5.41) is 16.3. The van der Waals surface area contributed by atoms with Crippen molar-refractivity contribution in [1.82, 2.24) is 30.1 Å². The Balaban J connectivity index is 1.43. The first-order valence-electron chi connectivity index (χ1n) is 9.90. The van der Waals surface area contributed by atoms with Gasteiger partial charge < -0.3 is 15.4 Å². The summed E-state index contributed by atoms with van der Waals surface area (Å²) < 4.78 is 45.5. The van der Waals surface area contributed by atoms with Gasteiger partial charge in [-0.3, -0.25) is 5.10 Å². The van der Waals surface area contributed by atoms with Crippen LogP contribution in [0.25, 0.3) is 5.52 Å². The number of fused-ring (bicyclic) bond motifs is 1. The molecule has 31 heavy (non-hydrogen) atoms. The molecule has 0 spiro atoms. The van der Waals surface area contributed by atoms with Crippen molar-refractivity contribution in [3.05, 3.63) is 35.9 Å². The molecule has 3 aromatic heterocycles. The van der Waals surface area contributed by atoms with Crippen molar-refractivity contribution in [2.45, 2.75) is 57.3 Å². The minimum Gasteiger partial charge on any atom is -0.446 e. The Morgan fingerprint density at radius 2 is 2.13 bits per heavy atom. The number of alkyl halides is 3. The summed E-state index contributed by atoms with van der Waals surface area (Å²) in [6.07, 6.45) is -0.204. The first kappa shape index (κ1) is 20.9. The van der Waals surface area contributed by atoms with Crippen LogP contribution in [0.15, 0.2) is 24.5 Å². The van der Waals surface area contributed by atoms with E-state index >= 15 is 0 Å². The summed E-state index contributed by atoms with van der Waals surface area (Å²) >= 11 is 0. The number of aromatic nitrogens is 5. The number of aromatic amines is 1. The fourth-order valence-corrected chi connectivity index (χ4v) is 3.64. The van der Waals surface area contributed by atoms with Crippen molar-refractivity contribution < 1.29 is 22.7 Å². The standard InChI is InChI=1S/C19H22F3N7O2/c1-10(2)24-18(30)31-12-4-3-11(7-12)13-8-16(27-26-13)25-17-14-9-15(19(20,21)22)28-29(14)6-5-23-17/h5-6,8-12H,3-4,7H2,1-2H3,(H,24,30)(H2,23,25,26,27). The molecule has 1 fully saturated rings. The van der Waals surface area contributed by atoms with Gasteiger partial charge in [-0.2, -0.15) is 23.4 Å². The number of nitrogens with one attached hydrogen (secondary N) is 3. The summed E-state index contributed by atoms with van der Waals surface area (Å²) in [5.41, 5.74) is 0.0453. The van der Waals surface area contributed by atoms with Crippen LogP contribution in [0.2, 0.25) is 0 Å².